The maximum absolute atomic E-state index is 12.9. The number of ether oxygens (including phenoxy) is 2. The number of anilines is 1. The number of likely N-dealkylation sites (tertiary alicyclic amines) is 1. The van der Waals surface area contributed by atoms with E-state index in [2.05, 4.69) is 34.5 Å². The van der Waals surface area contributed by atoms with Gasteiger partial charge in [0.1, 0.15) is 5.75 Å². The molecule has 1 fully saturated rings. The number of carbonyl (C=O) groups excluding carboxylic acids is 2. The van der Waals surface area contributed by atoms with Gasteiger partial charge >= 0.3 is 0 Å². The van der Waals surface area contributed by atoms with Crippen molar-refractivity contribution in [3.05, 3.63) is 59.7 Å². The Balaban J connectivity index is 1.15. The van der Waals surface area contributed by atoms with Crippen molar-refractivity contribution in [2.75, 3.05) is 44.8 Å². The molecule has 0 aromatic heterocycles. The molecule has 0 spiro atoms. The van der Waals surface area contributed by atoms with E-state index in [-0.39, 0.29) is 24.2 Å². The minimum Gasteiger partial charge on any atom is -0.482 e. The van der Waals surface area contributed by atoms with Crippen LogP contribution in [-0.4, -0.2) is 56.0 Å². The molecule has 2 aliphatic rings. The van der Waals surface area contributed by atoms with Gasteiger partial charge in [0.15, 0.2) is 12.4 Å². The number of piperidine rings is 1. The first-order chi connectivity index (χ1) is 15.2. The first kappa shape index (κ1) is 21.5. The molecule has 4 rings (SSSR count). The molecule has 164 valence electrons. The second-order valence-corrected chi connectivity index (χ2v) is 8.23. The lowest BCUT2D eigenvalue weighted by atomic mass is 9.88. The molecular weight excluding hydrogens is 392 g/mol. The van der Waals surface area contributed by atoms with E-state index in [4.69, 9.17) is 9.47 Å². The third kappa shape index (κ3) is 5.93. The number of benzene rings is 2. The van der Waals surface area contributed by atoms with Gasteiger partial charge in [-0.3, -0.25) is 9.59 Å². The summed E-state index contributed by atoms with van der Waals surface area (Å²) in [5.74, 6) is 0.634. The molecule has 2 aromatic rings. The maximum atomic E-state index is 12.9. The van der Waals surface area contributed by atoms with E-state index in [1.165, 1.54) is 5.56 Å². The maximum Gasteiger partial charge on any atom is 0.262 e. The van der Waals surface area contributed by atoms with Gasteiger partial charge in [0.25, 0.3) is 5.91 Å². The minimum atomic E-state index is -0.186. The summed E-state index contributed by atoms with van der Waals surface area (Å²) in [5, 5.41) is 2.78. The van der Waals surface area contributed by atoms with Crippen molar-refractivity contribution >= 4 is 17.4 Å². The van der Waals surface area contributed by atoms with Gasteiger partial charge in [-0.25, -0.2) is 0 Å². The Labute approximate surface area is 183 Å². The summed E-state index contributed by atoms with van der Waals surface area (Å²) in [5.41, 5.74) is 2.55. The molecule has 31 heavy (non-hydrogen) atoms. The van der Waals surface area contributed by atoms with Crippen LogP contribution in [0.1, 0.15) is 35.2 Å². The average molecular weight is 423 g/mol. The Kier molecular flexibility index (Phi) is 7.33. The molecule has 2 heterocycles. The van der Waals surface area contributed by atoms with Crippen LogP contribution in [0.25, 0.3) is 0 Å². The van der Waals surface area contributed by atoms with Gasteiger partial charge in [-0.1, -0.05) is 30.3 Å². The number of hydrogen-bond acceptors (Lipinski definition) is 5. The highest BCUT2D eigenvalue weighted by Gasteiger charge is 2.27. The van der Waals surface area contributed by atoms with Crippen LogP contribution in [0.15, 0.2) is 48.5 Å². The fourth-order valence-corrected chi connectivity index (χ4v) is 4.22. The molecule has 1 N–H and O–H groups in total. The van der Waals surface area contributed by atoms with Crippen LogP contribution in [0.2, 0.25) is 0 Å². The lowest BCUT2D eigenvalue weighted by Gasteiger charge is -2.31. The van der Waals surface area contributed by atoms with Crippen LogP contribution < -0.4 is 10.1 Å². The number of nitrogens with one attached hydrogen (secondary N) is 1. The normalized spacial score (nSPS) is 17.0. The number of fused-ring (bicyclic) bond motifs is 1. The summed E-state index contributed by atoms with van der Waals surface area (Å²) in [6.45, 7) is 4.43. The molecule has 0 atom stereocenters. The molecule has 1 saturated heterocycles. The van der Waals surface area contributed by atoms with E-state index < -0.39 is 0 Å². The molecule has 0 saturated carbocycles. The standard InChI is InChI=1S/C25H30N2O4/c28-24-18-31-23-8-7-21(17-22(23)26-24)25(29)20-9-13-27(14-10-20)12-4-15-30-16-11-19-5-2-1-3-6-19/h1-3,5-8,17,20H,4,9-16,18H2,(H,26,28). The number of amides is 1. The Hall–Kier alpha value is -2.70. The SMILES string of the molecule is O=C1COc2ccc(C(=O)C3CCN(CCCOCCc4ccccc4)CC3)cc2N1. The molecule has 6 heteroatoms. The quantitative estimate of drug-likeness (QED) is 0.494. The third-order valence-electron chi connectivity index (χ3n) is 6.00. The molecule has 0 radical (unpaired) electrons. The van der Waals surface area contributed by atoms with Gasteiger partial charge in [-0.05, 0) is 62.5 Å². The number of hydrogen-bond donors (Lipinski definition) is 1. The second-order valence-electron chi connectivity index (χ2n) is 8.23. The highest BCUT2D eigenvalue weighted by molar-refractivity contribution is 6.01. The van der Waals surface area contributed by atoms with Gasteiger partial charge in [0.05, 0.1) is 12.3 Å². The summed E-state index contributed by atoms with van der Waals surface area (Å²) >= 11 is 0. The fraction of sp³-hybridized carbons (Fsp3) is 0.440. The average Bonchev–Trinajstić information content (AvgIpc) is 2.81. The molecule has 0 bridgehead atoms. The first-order valence-electron chi connectivity index (χ1n) is 11.1. The Morgan fingerprint density at radius 1 is 1.10 bits per heavy atom. The van der Waals surface area contributed by atoms with Crippen molar-refractivity contribution in [2.45, 2.75) is 25.7 Å². The van der Waals surface area contributed by atoms with E-state index >= 15 is 0 Å². The van der Waals surface area contributed by atoms with Crippen LogP contribution in [0, 0.1) is 5.92 Å². The summed E-state index contributed by atoms with van der Waals surface area (Å²) in [6, 6.07) is 15.7. The molecule has 2 aromatic carbocycles. The second kappa shape index (κ2) is 10.6. The van der Waals surface area contributed by atoms with E-state index in [1.54, 1.807) is 18.2 Å². The third-order valence-corrected chi connectivity index (χ3v) is 6.00. The summed E-state index contributed by atoms with van der Waals surface area (Å²) in [7, 11) is 0. The smallest absolute Gasteiger partial charge is 0.262 e. The van der Waals surface area contributed by atoms with Gasteiger partial charge in [-0.2, -0.15) is 0 Å². The molecular formula is C25H30N2O4. The van der Waals surface area contributed by atoms with Crippen molar-refractivity contribution < 1.29 is 19.1 Å². The van der Waals surface area contributed by atoms with Crippen LogP contribution in [0.5, 0.6) is 5.75 Å². The minimum absolute atomic E-state index is 0.0246. The summed E-state index contributed by atoms with van der Waals surface area (Å²) < 4.78 is 11.2. The zero-order chi connectivity index (χ0) is 21.5. The Bertz CT molecular complexity index is 892. The molecule has 0 unspecified atom stereocenters. The van der Waals surface area contributed by atoms with E-state index in [9.17, 15) is 9.59 Å². The van der Waals surface area contributed by atoms with Crippen molar-refractivity contribution in [2.24, 2.45) is 5.92 Å². The predicted molar refractivity (Wildman–Crippen MR) is 120 cm³/mol. The first-order valence-corrected chi connectivity index (χ1v) is 11.1. The summed E-state index contributed by atoms with van der Waals surface area (Å²) in [4.78, 5) is 26.9. The Morgan fingerprint density at radius 2 is 1.90 bits per heavy atom. The molecule has 2 aliphatic heterocycles. The van der Waals surface area contributed by atoms with E-state index in [1.807, 2.05) is 6.07 Å². The monoisotopic (exact) mass is 422 g/mol. The highest BCUT2D eigenvalue weighted by Crippen LogP contribution is 2.30. The van der Waals surface area contributed by atoms with Gasteiger partial charge < -0.3 is 19.7 Å². The van der Waals surface area contributed by atoms with E-state index in [0.717, 1.165) is 58.5 Å². The molecule has 6 nitrogen and oxygen atoms in total. The van der Waals surface area contributed by atoms with Crippen LogP contribution >= 0.6 is 0 Å². The molecule has 0 aliphatic carbocycles. The van der Waals surface area contributed by atoms with E-state index in [0.29, 0.717) is 17.0 Å². The van der Waals surface area contributed by atoms with Crippen LogP contribution in [-0.2, 0) is 16.0 Å². The lowest BCUT2D eigenvalue weighted by molar-refractivity contribution is -0.118. The number of carbonyl (C=O) groups is 2. The number of ketones is 1. The lowest BCUT2D eigenvalue weighted by Crippen LogP contribution is -2.37. The largest absolute Gasteiger partial charge is 0.482 e. The molecule has 1 amide bonds. The predicted octanol–water partition coefficient (Wildman–Crippen LogP) is 3.56. The highest BCUT2D eigenvalue weighted by atomic mass is 16.5. The van der Waals surface area contributed by atoms with Crippen molar-refractivity contribution in [1.82, 2.24) is 4.90 Å². The van der Waals surface area contributed by atoms with Crippen LogP contribution in [0.4, 0.5) is 5.69 Å². The van der Waals surface area contributed by atoms with Crippen molar-refractivity contribution in [3.8, 4) is 5.75 Å². The van der Waals surface area contributed by atoms with Crippen LogP contribution in [0.3, 0.4) is 0 Å². The Morgan fingerprint density at radius 3 is 2.71 bits per heavy atom. The summed E-state index contributed by atoms with van der Waals surface area (Å²) in [6.07, 6.45) is 3.70. The van der Waals surface area contributed by atoms with Gasteiger partial charge in [0, 0.05) is 24.6 Å². The zero-order valence-electron chi connectivity index (χ0n) is 17.8. The number of Topliss-reactive ketones (excluding diaryl/α,β-unsaturated/α-hetero) is 1. The van der Waals surface area contributed by atoms with Crippen molar-refractivity contribution in [3.63, 3.8) is 0 Å². The number of rotatable bonds is 9. The zero-order valence-corrected chi connectivity index (χ0v) is 17.8. The van der Waals surface area contributed by atoms with Gasteiger partial charge in [0.2, 0.25) is 0 Å². The van der Waals surface area contributed by atoms with Crippen molar-refractivity contribution in [1.29, 1.82) is 0 Å². The van der Waals surface area contributed by atoms with Gasteiger partial charge in [-0.15, -0.1) is 0 Å². The number of nitrogens with zero attached hydrogens (tertiary/aromatic N) is 1. The topological polar surface area (TPSA) is 67.9 Å². The fourth-order valence-electron chi connectivity index (χ4n) is 4.22.